The van der Waals surface area contributed by atoms with E-state index in [2.05, 4.69) is 36.6 Å². The summed E-state index contributed by atoms with van der Waals surface area (Å²) in [6, 6.07) is 8.63. The molecule has 1 heterocycles. The molecule has 116 valence electrons. The van der Waals surface area contributed by atoms with Gasteiger partial charge in [-0.05, 0) is 30.9 Å². The summed E-state index contributed by atoms with van der Waals surface area (Å²) >= 11 is 0. The van der Waals surface area contributed by atoms with E-state index < -0.39 is 0 Å². The average molecular weight is 288 g/mol. The third-order valence-electron chi connectivity index (χ3n) is 4.28. The number of amides is 1. The highest BCUT2D eigenvalue weighted by Crippen LogP contribution is 2.24. The van der Waals surface area contributed by atoms with Crippen molar-refractivity contribution in [3.8, 4) is 0 Å². The Morgan fingerprint density at radius 1 is 1.29 bits per heavy atom. The summed E-state index contributed by atoms with van der Waals surface area (Å²) in [7, 11) is 0. The van der Waals surface area contributed by atoms with Crippen LogP contribution in [0.5, 0.6) is 0 Å². The zero-order valence-corrected chi connectivity index (χ0v) is 13.3. The van der Waals surface area contributed by atoms with Crippen molar-refractivity contribution in [3.63, 3.8) is 0 Å². The topological polar surface area (TPSA) is 41.1 Å². The summed E-state index contributed by atoms with van der Waals surface area (Å²) in [6.07, 6.45) is 6.54. The second-order valence-electron chi connectivity index (χ2n) is 6.08. The van der Waals surface area contributed by atoms with Gasteiger partial charge in [0.2, 0.25) is 5.91 Å². The molecule has 2 rings (SSSR count). The normalized spacial score (nSPS) is 18.5. The summed E-state index contributed by atoms with van der Waals surface area (Å²) in [5.74, 6) is 0.271. The molecule has 1 aromatic rings. The van der Waals surface area contributed by atoms with Gasteiger partial charge in [-0.3, -0.25) is 4.79 Å². The van der Waals surface area contributed by atoms with Gasteiger partial charge in [0.25, 0.3) is 0 Å². The molecular weight excluding hydrogens is 260 g/mol. The van der Waals surface area contributed by atoms with Gasteiger partial charge in [0.05, 0.1) is 5.92 Å². The number of benzene rings is 1. The number of anilines is 1. The van der Waals surface area contributed by atoms with Gasteiger partial charge in [0.1, 0.15) is 0 Å². The lowest BCUT2D eigenvalue weighted by atomic mass is 9.92. The Labute approximate surface area is 128 Å². The fourth-order valence-electron chi connectivity index (χ4n) is 3.03. The number of carbonyl (C=O) groups is 1. The number of carbonyl (C=O) groups excluding carboxylic acids is 1. The van der Waals surface area contributed by atoms with Gasteiger partial charge >= 0.3 is 0 Å². The van der Waals surface area contributed by atoms with E-state index in [0.29, 0.717) is 6.04 Å². The van der Waals surface area contributed by atoms with Gasteiger partial charge in [-0.25, -0.2) is 0 Å². The Morgan fingerprint density at radius 3 is 2.86 bits per heavy atom. The van der Waals surface area contributed by atoms with Gasteiger partial charge in [0, 0.05) is 18.3 Å². The van der Waals surface area contributed by atoms with E-state index in [1.807, 2.05) is 12.1 Å². The molecule has 0 radical (unpaired) electrons. The van der Waals surface area contributed by atoms with E-state index in [-0.39, 0.29) is 11.8 Å². The van der Waals surface area contributed by atoms with Crippen molar-refractivity contribution in [2.24, 2.45) is 5.92 Å². The Balaban J connectivity index is 1.91. The van der Waals surface area contributed by atoms with E-state index >= 15 is 0 Å². The molecule has 0 aromatic heterocycles. The van der Waals surface area contributed by atoms with Crippen LogP contribution in [0.4, 0.5) is 5.69 Å². The maximum atomic E-state index is 12.5. The molecule has 0 fully saturated rings. The van der Waals surface area contributed by atoms with Crippen LogP contribution in [0.25, 0.3) is 0 Å². The van der Waals surface area contributed by atoms with Gasteiger partial charge < -0.3 is 10.6 Å². The lowest BCUT2D eigenvalue weighted by Gasteiger charge is -2.27. The van der Waals surface area contributed by atoms with Crippen LogP contribution in [0.2, 0.25) is 0 Å². The van der Waals surface area contributed by atoms with Crippen molar-refractivity contribution in [1.82, 2.24) is 5.32 Å². The minimum Gasteiger partial charge on any atom is -0.384 e. The summed E-state index contributed by atoms with van der Waals surface area (Å²) in [4.78, 5) is 12.5. The minimum absolute atomic E-state index is 0.0564. The molecule has 1 amide bonds. The highest BCUT2D eigenvalue weighted by atomic mass is 16.2. The van der Waals surface area contributed by atoms with Gasteiger partial charge in [-0.1, -0.05) is 51.3 Å². The quantitative estimate of drug-likeness (QED) is 0.802. The Morgan fingerprint density at radius 2 is 2.10 bits per heavy atom. The van der Waals surface area contributed by atoms with Crippen molar-refractivity contribution in [1.29, 1.82) is 0 Å². The number of fused-ring (bicyclic) bond motifs is 1. The second kappa shape index (κ2) is 8.06. The van der Waals surface area contributed by atoms with Crippen LogP contribution in [0.15, 0.2) is 24.3 Å². The van der Waals surface area contributed by atoms with Crippen LogP contribution >= 0.6 is 0 Å². The molecule has 1 aromatic carbocycles. The number of hydrogen-bond acceptors (Lipinski definition) is 2. The van der Waals surface area contributed by atoms with Crippen molar-refractivity contribution in [3.05, 3.63) is 29.8 Å². The van der Waals surface area contributed by atoms with Crippen molar-refractivity contribution in [2.45, 2.75) is 58.4 Å². The van der Waals surface area contributed by atoms with E-state index in [0.717, 1.165) is 32.2 Å². The third kappa shape index (κ3) is 4.48. The Bertz CT molecular complexity index is 458. The smallest absolute Gasteiger partial charge is 0.225 e. The SMILES string of the molecule is CCCCC(CCC)NC(=O)C1CNc2ccccc2C1. The summed E-state index contributed by atoms with van der Waals surface area (Å²) in [5.41, 5.74) is 2.43. The van der Waals surface area contributed by atoms with Crippen molar-refractivity contribution < 1.29 is 4.79 Å². The zero-order valence-electron chi connectivity index (χ0n) is 13.3. The van der Waals surface area contributed by atoms with Crippen molar-refractivity contribution >= 4 is 11.6 Å². The fraction of sp³-hybridized carbons (Fsp3) is 0.611. The molecule has 2 N–H and O–H groups in total. The third-order valence-corrected chi connectivity index (χ3v) is 4.28. The Hall–Kier alpha value is -1.51. The van der Waals surface area contributed by atoms with Crippen LogP contribution in [0.3, 0.4) is 0 Å². The standard InChI is InChI=1S/C18H28N2O/c1-3-5-10-16(8-4-2)20-18(21)15-12-14-9-6-7-11-17(14)19-13-15/h6-7,9,11,15-16,19H,3-5,8,10,12-13H2,1-2H3,(H,20,21). The van der Waals surface area contributed by atoms with E-state index in [1.54, 1.807) is 0 Å². The van der Waals surface area contributed by atoms with Crippen LogP contribution < -0.4 is 10.6 Å². The Kier molecular flexibility index (Phi) is 6.09. The van der Waals surface area contributed by atoms with Crippen LogP contribution in [-0.4, -0.2) is 18.5 Å². The average Bonchev–Trinajstić information content (AvgIpc) is 2.52. The maximum absolute atomic E-state index is 12.5. The summed E-state index contributed by atoms with van der Waals surface area (Å²) < 4.78 is 0. The number of para-hydroxylation sites is 1. The molecule has 21 heavy (non-hydrogen) atoms. The fourth-order valence-corrected chi connectivity index (χ4v) is 3.03. The van der Waals surface area contributed by atoms with Crippen molar-refractivity contribution in [2.75, 3.05) is 11.9 Å². The van der Waals surface area contributed by atoms with Gasteiger partial charge in [0.15, 0.2) is 0 Å². The first-order chi connectivity index (χ1) is 10.2. The molecule has 3 heteroatoms. The molecule has 0 bridgehead atoms. The first-order valence-corrected chi connectivity index (χ1v) is 8.36. The molecule has 2 atom stereocenters. The lowest BCUT2D eigenvalue weighted by molar-refractivity contribution is -0.125. The van der Waals surface area contributed by atoms with E-state index in [1.165, 1.54) is 24.1 Å². The number of nitrogens with one attached hydrogen (secondary N) is 2. The molecule has 3 nitrogen and oxygen atoms in total. The molecule has 0 saturated carbocycles. The minimum atomic E-state index is 0.0564. The predicted octanol–water partition coefficient (Wildman–Crippen LogP) is 3.75. The molecule has 0 aliphatic carbocycles. The van der Waals surface area contributed by atoms with Gasteiger partial charge in [-0.15, -0.1) is 0 Å². The highest BCUT2D eigenvalue weighted by molar-refractivity contribution is 5.81. The van der Waals surface area contributed by atoms with E-state index in [9.17, 15) is 4.79 Å². The number of hydrogen-bond donors (Lipinski definition) is 2. The molecule has 0 saturated heterocycles. The summed E-state index contributed by atoms with van der Waals surface area (Å²) in [5, 5.41) is 6.66. The molecule has 1 aliphatic rings. The largest absolute Gasteiger partial charge is 0.384 e. The number of unbranched alkanes of at least 4 members (excludes halogenated alkanes) is 1. The molecule has 2 unspecified atom stereocenters. The molecule has 1 aliphatic heterocycles. The maximum Gasteiger partial charge on any atom is 0.225 e. The summed E-state index contributed by atoms with van der Waals surface area (Å²) in [6.45, 7) is 5.13. The molecule has 0 spiro atoms. The second-order valence-corrected chi connectivity index (χ2v) is 6.08. The molecular formula is C18H28N2O. The number of rotatable bonds is 7. The highest BCUT2D eigenvalue weighted by Gasteiger charge is 2.25. The monoisotopic (exact) mass is 288 g/mol. The van der Waals surface area contributed by atoms with Gasteiger partial charge in [-0.2, -0.15) is 0 Å². The lowest BCUT2D eigenvalue weighted by Crippen LogP contribution is -2.43. The zero-order chi connectivity index (χ0) is 15.1. The van der Waals surface area contributed by atoms with Crippen LogP contribution in [0.1, 0.15) is 51.5 Å². The van der Waals surface area contributed by atoms with E-state index in [4.69, 9.17) is 0 Å². The van der Waals surface area contributed by atoms with Crippen LogP contribution in [-0.2, 0) is 11.2 Å². The first-order valence-electron chi connectivity index (χ1n) is 8.36. The first kappa shape index (κ1) is 15.9. The predicted molar refractivity (Wildman–Crippen MR) is 88.5 cm³/mol. The van der Waals surface area contributed by atoms with Crippen LogP contribution in [0, 0.1) is 5.92 Å².